The van der Waals surface area contributed by atoms with Crippen molar-refractivity contribution in [3.05, 3.63) is 35.6 Å². The molecule has 0 amide bonds. The van der Waals surface area contributed by atoms with E-state index in [1.807, 2.05) is 6.07 Å². The van der Waals surface area contributed by atoms with E-state index < -0.39 is 18.8 Å². The number of benzene rings is 1. The number of halogens is 4. The van der Waals surface area contributed by atoms with E-state index >= 15 is 0 Å². The number of hydrogen-bond acceptors (Lipinski definition) is 5. The Hall–Kier alpha value is -2.09. The molecule has 0 aliphatic rings. The molecule has 9 heteroatoms. The summed E-state index contributed by atoms with van der Waals surface area (Å²) in [6.07, 6.45) is -4.48. The van der Waals surface area contributed by atoms with Gasteiger partial charge in [0.2, 0.25) is 11.2 Å². The average Bonchev–Trinajstić information content (AvgIpc) is 2.36. The van der Waals surface area contributed by atoms with Gasteiger partial charge in [-0.05, 0) is 23.7 Å². The molecular formula is C11H8ClF3N4O. The van der Waals surface area contributed by atoms with E-state index in [1.54, 1.807) is 24.3 Å². The lowest BCUT2D eigenvalue weighted by atomic mass is 10.3. The van der Waals surface area contributed by atoms with Crippen molar-refractivity contribution in [3.8, 4) is 6.01 Å². The van der Waals surface area contributed by atoms with Gasteiger partial charge in [-0.1, -0.05) is 18.2 Å². The summed E-state index contributed by atoms with van der Waals surface area (Å²) in [5.41, 5.74) is 0.650. The molecule has 2 rings (SSSR count). The standard InChI is InChI=1S/C11H8ClF3N4O/c12-8-17-9(16-7-4-2-1-3-5-7)19-10(18-8)20-6-11(13,14)15/h1-5H,6H2,(H,16,17,18,19). The molecule has 1 aromatic carbocycles. The van der Waals surface area contributed by atoms with E-state index in [-0.39, 0.29) is 11.2 Å². The molecule has 0 aliphatic heterocycles. The van der Waals surface area contributed by atoms with Gasteiger partial charge in [0.05, 0.1) is 0 Å². The molecule has 2 aromatic rings. The Balaban J connectivity index is 2.12. The lowest BCUT2D eigenvalue weighted by molar-refractivity contribution is -0.154. The highest BCUT2D eigenvalue weighted by Crippen LogP contribution is 2.19. The predicted octanol–water partition coefficient (Wildman–Crippen LogP) is 3.21. The van der Waals surface area contributed by atoms with Crippen molar-refractivity contribution in [2.75, 3.05) is 11.9 Å². The molecule has 0 fully saturated rings. The fourth-order valence-electron chi connectivity index (χ4n) is 1.25. The zero-order valence-electron chi connectivity index (χ0n) is 9.86. The van der Waals surface area contributed by atoms with Gasteiger partial charge < -0.3 is 10.1 Å². The van der Waals surface area contributed by atoms with Crippen LogP contribution in [0, 0.1) is 0 Å². The van der Waals surface area contributed by atoms with Gasteiger partial charge in [0.15, 0.2) is 6.61 Å². The van der Waals surface area contributed by atoms with Crippen LogP contribution in [-0.2, 0) is 0 Å². The van der Waals surface area contributed by atoms with Gasteiger partial charge in [-0.2, -0.15) is 28.1 Å². The number of rotatable bonds is 4. The molecule has 0 saturated carbocycles. The van der Waals surface area contributed by atoms with Crippen molar-refractivity contribution in [3.63, 3.8) is 0 Å². The highest BCUT2D eigenvalue weighted by molar-refractivity contribution is 6.28. The molecular weight excluding hydrogens is 297 g/mol. The minimum atomic E-state index is -4.48. The summed E-state index contributed by atoms with van der Waals surface area (Å²) < 4.78 is 40.6. The van der Waals surface area contributed by atoms with Crippen molar-refractivity contribution in [1.82, 2.24) is 15.0 Å². The van der Waals surface area contributed by atoms with E-state index in [0.717, 1.165) is 0 Å². The van der Waals surface area contributed by atoms with Crippen molar-refractivity contribution in [2.45, 2.75) is 6.18 Å². The summed E-state index contributed by atoms with van der Waals surface area (Å²) in [6.45, 7) is -1.50. The molecule has 0 radical (unpaired) electrons. The van der Waals surface area contributed by atoms with Crippen LogP contribution in [-0.4, -0.2) is 27.7 Å². The average molecular weight is 305 g/mol. The van der Waals surface area contributed by atoms with Gasteiger partial charge in [0, 0.05) is 5.69 Å². The van der Waals surface area contributed by atoms with Crippen LogP contribution in [0.4, 0.5) is 24.8 Å². The second kappa shape index (κ2) is 5.91. The van der Waals surface area contributed by atoms with Crippen LogP contribution in [0.1, 0.15) is 0 Å². The molecule has 20 heavy (non-hydrogen) atoms. The zero-order valence-corrected chi connectivity index (χ0v) is 10.6. The molecule has 1 N–H and O–H groups in total. The lowest BCUT2D eigenvalue weighted by Gasteiger charge is -2.09. The molecule has 0 atom stereocenters. The Kier molecular flexibility index (Phi) is 4.23. The maximum Gasteiger partial charge on any atom is 0.422 e. The van der Waals surface area contributed by atoms with Crippen LogP contribution in [0.2, 0.25) is 5.28 Å². The molecule has 1 heterocycles. The second-order valence-electron chi connectivity index (χ2n) is 3.61. The molecule has 0 saturated heterocycles. The highest BCUT2D eigenvalue weighted by atomic mass is 35.5. The minimum absolute atomic E-state index is 0.00613. The fraction of sp³-hybridized carbons (Fsp3) is 0.182. The number of anilines is 2. The van der Waals surface area contributed by atoms with E-state index in [4.69, 9.17) is 11.6 Å². The maximum atomic E-state index is 12.0. The topological polar surface area (TPSA) is 59.9 Å². The largest absolute Gasteiger partial charge is 0.454 e. The smallest absolute Gasteiger partial charge is 0.422 e. The van der Waals surface area contributed by atoms with Crippen molar-refractivity contribution in [2.24, 2.45) is 0 Å². The van der Waals surface area contributed by atoms with Crippen LogP contribution < -0.4 is 10.1 Å². The SMILES string of the molecule is FC(F)(F)COc1nc(Cl)nc(Nc2ccccc2)n1. The summed E-state index contributed by atoms with van der Waals surface area (Å²) in [5.74, 6) is -0.00613. The maximum absolute atomic E-state index is 12.0. The third-order valence-electron chi connectivity index (χ3n) is 1.98. The Bertz CT molecular complexity index is 580. The van der Waals surface area contributed by atoms with Crippen LogP contribution >= 0.6 is 11.6 Å². The third kappa shape index (κ3) is 4.54. The Morgan fingerprint density at radius 3 is 2.45 bits per heavy atom. The molecule has 5 nitrogen and oxygen atoms in total. The van der Waals surface area contributed by atoms with Gasteiger partial charge in [0.25, 0.3) is 0 Å². The Morgan fingerprint density at radius 1 is 1.10 bits per heavy atom. The van der Waals surface area contributed by atoms with E-state index in [2.05, 4.69) is 25.0 Å². The molecule has 0 spiro atoms. The van der Waals surface area contributed by atoms with Crippen LogP contribution in [0.15, 0.2) is 30.3 Å². The number of nitrogens with zero attached hydrogens (tertiary/aromatic N) is 3. The van der Waals surface area contributed by atoms with Gasteiger partial charge in [-0.15, -0.1) is 0 Å². The summed E-state index contributed by atoms with van der Waals surface area (Å²) in [4.78, 5) is 10.9. The monoisotopic (exact) mass is 304 g/mol. The quantitative estimate of drug-likeness (QED) is 0.940. The summed E-state index contributed by atoms with van der Waals surface area (Å²) in [7, 11) is 0. The van der Waals surface area contributed by atoms with E-state index in [1.165, 1.54) is 0 Å². The third-order valence-corrected chi connectivity index (χ3v) is 2.15. The predicted molar refractivity (Wildman–Crippen MR) is 66.1 cm³/mol. The molecule has 1 aromatic heterocycles. The minimum Gasteiger partial charge on any atom is -0.454 e. The van der Waals surface area contributed by atoms with Crippen LogP contribution in [0.5, 0.6) is 6.01 Å². The van der Waals surface area contributed by atoms with Gasteiger partial charge >= 0.3 is 12.2 Å². The number of aromatic nitrogens is 3. The van der Waals surface area contributed by atoms with Crippen molar-refractivity contribution in [1.29, 1.82) is 0 Å². The molecule has 0 aliphatic carbocycles. The number of nitrogens with one attached hydrogen (secondary N) is 1. The fourth-order valence-corrected chi connectivity index (χ4v) is 1.40. The number of para-hydroxylation sites is 1. The van der Waals surface area contributed by atoms with E-state index in [9.17, 15) is 13.2 Å². The van der Waals surface area contributed by atoms with E-state index in [0.29, 0.717) is 5.69 Å². The molecule has 0 unspecified atom stereocenters. The Morgan fingerprint density at radius 2 is 1.80 bits per heavy atom. The second-order valence-corrected chi connectivity index (χ2v) is 3.94. The molecule has 106 valence electrons. The Labute approximate surface area is 116 Å². The first-order chi connectivity index (χ1) is 9.42. The molecule has 0 bridgehead atoms. The van der Waals surface area contributed by atoms with Crippen molar-refractivity contribution < 1.29 is 17.9 Å². The highest BCUT2D eigenvalue weighted by Gasteiger charge is 2.29. The zero-order chi connectivity index (χ0) is 14.6. The van der Waals surface area contributed by atoms with Crippen LogP contribution in [0.25, 0.3) is 0 Å². The normalized spacial score (nSPS) is 11.2. The first-order valence-electron chi connectivity index (χ1n) is 5.35. The number of hydrogen-bond donors (Lipinski definition) is 1. The van der Waals surface area contributed by atoms with Gasteiger partial charge in [-0.25, -0.2) is 0 Å². The first-order valence-corrected chi connectivity index (χ1v) is 5.73. The summed E-state index contributed by atoms with van der Waals surface area (Å²) in [5, 5.41) is 2.51. The first kappa shape index (κ1) is 14.3. The lowest BCUT2D eigenvalue weighted by Crippen LogP contribution is -2.20. The summed E-state index contributed by atoms with van der Waals surface area (Å²) >= 11 is 5.60. The number of alkyl halides is 3. The van der Waals surface area contributed by atoms with Crippen molar-refractivity contribution >= 4 is 23.2 Å². The van der Waals surface area contributed by atoms with Gasteiger partial charge in [0.1, 0.15) is 0 Å². The summed E-state index contributed by atoms with van der Waals surface area (Å²) in [6, 6.07) is 8.31. The van der Waals surface area contributed by atoms with Gasteiger partial charge in [-0.3, -0.25) is 0 Å². The number of ether oxygens (including phenoxy) is 1. The van der Waals surface area contributed by atoms with Crippen LogP contribution in [0.3, 0.4) is 0 Å².